The van der Waals surface area contributed by atoms with Crippen LogP contribution in [0.15, 0.2) is 68.9 Å². The van der Waals surface area contributed by atoms with Crippen LogP contribution in [-0.4, -0.2) is 55.5 Å². The number of piperazine rings is 1. The molecule has 1 atom stereocenters. The highest BCUT2D eigenvalue weighted by atomic mass is 79.9. The van der Waals surface area contributed by atoms with E-state index < -0.39 is 21.0 Å². The monoisotopic (exact) mass is 575 g/mol. The van der Waals surface area contributed by atoms with Gasteiger partial charge in [-0.15, -0.1) is 0 Å². The number of nitrogens with one attached hydrogen (secondary N) is 1. The van der Waals surface area contributed by atoms with E-state index in [-0.39, 0.29) is 23.5 Å². The second kappa shape index (κ2) is 10.5. The molecule has 192 valence electrons. The van der Waals surface area contributed by atoms with Crippen molar-refractivity contribution in [2.75, 3.05) is 26.2 Å². The number of rotatable bonds is 6. The van der Waals surface area contributed by atoms with Crippen molar-refractivity contribution in [3.8, 4) is 0 Å². The Labute approximate surface area is 219 Å². The molecule has 3 aromatic rings. The molecule has 1 aliphatic heterocycles. The van der Waals surface area contributed by atoms with E-state index in [0.29, 0.717) is 30.4 Å². The van der Waals surface area contributed by atoms with Gasteiger partial charge < -0.3 is 10.1 Å². The van der Waals surface area contributed by atoms with Gasteiger partial charge in [0, 0.05) is 42.2 Å². The van der Waals surface area contributed by atoms with Crippen LogP contribution in [0.2, 0.25) is 0 Å². The van der Waals surface area contributed by atoms with Gasteiger partial charge in [-0.1, -0.05) is 34.1 Å². The number of carbonyl (C=O) groups excluding carboxylic acids is 1. The van der Waals surface area contributed by atoms with Gasteiger partial charge in [-0.3, -0.25) is 14.5 Å². The molecule has 10 heteroatoms. The standard InChI is InChI=1S/C26H30BrN3O5S/c1-26(2,3)25(32)35-17-20-16-29(12-11-28-20)14-18-15-30(36(33,34)21-7-5-4-6-8-21)24(31)22-10-9-19(27)13-23(18)22/h4-10,13,15,20,28H,11-12,14,16-17H2,1-3H3/t20-/m1/s1. The van der Waals surface area contributed by atoms with E-state index in [0.717, 1.165) is 20.6 Å². The molecule has 1 aliphatic rings. The summed E-state index contributed by atoms with van der Waals surface area (Å²) in [5.74, 6) is -0.254. The van der Waals surface area contributed by atoms with E-state index >= 15 is 0 Å². The molecule has 2 heterocycles. The Hall–Kier alpha value is -2.53. The van der Waals surface area contributed by atoms with Crippen molar-refractivity contribution in [1.29, 1.82) is 0 Å². The minimum absolute atomic E-state index is 0.0532. The fourth-order valence-corrected chi connectivity index (χ4v) is 5.82. The summed E-state index contributed by atoms with van der Waals surface area (Å²) in [6, 6.07) is 13.1. The van der Waals surface area contributed by atoms with Crippen LogP contribution in [0, 0.1) is 5.41 Å². The number of pyridine rings is 1. The molecule has 4 rings (SSSR count). The number of benzene rings is 2. The Morgan fingerprint density at radius 2 is 1.86 bits per heavy atom. The predicted molar refractivity (Wildman–Crippen MR) is 142 cm³/mol. The molecule has 0 saturated carbocycles. The minimum atomic E-state index is -4.07. The molecular formula is C26H30BrN3O5S. The molecule has 0 radical (unpaired) electrons. The third-order valence-corrected chi connectivity index (χ3v) is 8.24. The Morgan fingerprint density at radius 1 is 1.14 bits per heavy atom. The average molecular weight is 577 g/mol. The summed E-state index contributed by atoms with van der Waals surface area (Å²) < 4.78 is 33.9. The van der Waals surface area contributed by atoms with Gasteiger partial charge in [0.1, 0.15) is 6.61 Å². The normalized spacial score (nSPS) is 17.3. The maximum absolute atomic E-state index is 13.4. The summed E-state index contributed by atoms with van der Waals surface area (Å²) in [5.41, 5.74) is -0.436. The Morgan fingerprint density at radius 3 is 2.56 bits per heavy atom. The first-order valence-electron chi connectivity index (χ1n) is 11.7. The zero-order valence-corrected chi connectivity index (χ0v) is 22.9. The van der Waals surface area contributed by atoms with E-state index in [1.165, 1.54) is 18.3 Å². The van der Waals surface area contributed by atoms with Crippen molar-refractivity contribution < 1.29 is 17.9 Å². The van der Waals surface area contributed by atoms with Crippen molar-refractivity contribution in [3.63, 3.8) is 0 Å². The molecule has 0 spiro atoms. The molecule has 1 fully saturated rings. The zero-order chi connectivity index (χ0) is 26.1. The number of carbonyl (C=O) groups is 1. The molecule has 0 aliphatic carbocycles. The van der Waals surface area contributed by atoms with E-state index in [2.05, 4.69) is 26.1 Å². The van der Waals surface area contributed by atoms with Gasteiger partial charge in [-0.05, 0) is 62.1 Å². The van der Waals surface area contributed by atoms with E-state index in [1.807, 2.05) is 26.8 Å². The first-order chi connectivity index (χ1) is 17.0. The number of esters is 1. The molecule has 0 unspecified atom stereocenters. The highest BCUT2D eigenvalue weighted by molar-refractivity contribution is 9.10. The van der Waals surface area contributed by atoms with Crippen LogP contribution >= 0.6 is 15.9 Å². The fourth-order valence-electron chi connectivity index (χ4n) is 4.15. The second-order valence-electron chi connectivity index (χ2n) is 10.00. The van der Waals surface area contributed by atoms with Crippen LogP contribution < -0.4 is 10.9 Å². The molecule has 1 N–H and O–H groups in total. The number of hydrogen-bond acceptors (Lipinski definition) is 7. The van der Waals surface area contributed by atoms with Crippen molar-refractivity contribution in [1.82, 2.24) is 14.2 Å². The number of hydrogen-bond donors (Lipinski definition) is 1. The van der Waals surface area contributed by atoms with Gasteiger partial charge in [0.25, 0.3) is 15.6 Å². The van der Waals surface area contributed by atoms with Crippen LogP contribution in [0.25, 0.3) is 10.8 Å². The highest BCUT2D eigenvalue weighted by Gasteiger charge is 2.27. The van der Waals surface area contributed by atoms with Crippen molar-refractivity contribution in [2.45, 2.75) is 38.3 Å². The first kappa shape index (κ1) is 26.5. The molecule has 1 saturated heterocycles. The lowest BCUT2D eigenvalue weighted by Gasteiger charge is -2.34. The lowest BCUT2D eigenvalue weighted by molar-refractivity contribution is -0.154. The van der Waals surface area contributed by atoms with Gasteiger partial charge in [0.15, 0.2) is 0 Å². The van der Waals surface area contributed by atoms with Gasteiger partial charge >= 0.3 is 5.97 Å². The lowest BCUT2D eigenvalue weighted by Crippen LogP contribution is -2.52. The summed E-state index contributed by atoms with van der Waals surface area (Å²) in [7, 11) is -4.07. The Bertz CT molecular complexity index is 1430. The molecular weight excluding hydrogens is 546 g/mol. The van der Waals surface area contributed by atoms with Crippen LogP contribution in [-0.2, 0) is 26.1 Å². The molecule has 0 bridgehead atoms. The number of aromatic nitrogens is 1. The van der Waals surface area contributed by atoms with E-state index in [4.69, 9.17) is 4.74 Å². The Balaban J connectivity index is 1.66. The maximum Gasteiger partial charge on any atom is 0.311 e. The first-order valence-corrected chi connectivity index (χ1v) is 14.0. The number of fused-ring (bicyclic) bond motifs is 1. The second-order valence-corrected chi connectivity index (χ2v) is 12.7. The topological polar surface area (TPSA) is 97.7 Å². The van der Waals surface area contributed by atoms with Crippen LogP contribution in [0.1, 0.15) is 26.3 Å². The number of nitrogens with zero attached hydrogens (tertiary/aromatic N) is 2. The highest BCUT2D eigenvalue weighted by Crippen LogP contribution is 2.24. The van der Waals surface area contributed by atoms with Crippen LogP contribution in [0.5, 0.6) is 0 Å². The van der Waals surface area contributed by atoms with Crippen LogP contribution in [0.4, 0.5) is 0 Å². The number of ether oxygens (including phenoxy) is 1. The lowest BCUT2D eigenvalue weighted by atomic mass is 9.97. The SMILES string of the molecule is CC(C)(C)C(=O)OC[C@H]1CN(Cc2cn(S(=O)(=O)c3ccccc3)c(=O)c3ccc(Br)cc23)CCN1. The van der Waals surface area contributed by atoms with Crippen molar-refractivity contribution in [2.24, 2.45) is 5.41 Å². The summed E-state index contributed by atoms with van der Waals surface area (Å²) >= 11 is 3.47. The largest absolute Gasteiger partial charge is 0.464 e. The van der Waals surface area contributed by atoms with Crippen LogP contribution in [0.3, 0.4) is 0 Å². The average Bonchev–Trinajstić information content (AvgIpc) is 2.84. The molecule has 0 amide bonds. The Kier molecular flexibility index (Phi) is 7.70. The number of halogens is 1. The van der Waals surface area contributed by atoms with Gasteiger partial charge in [0.2, 0.25) is 0 Å². The van der Waals surface area contributed by atoms with E-state index in [9.17, 15) is 18.0 Å². The fraction of sp³-hybridized carbons (Fsp3) is 0.385. The van der Waals surface area contributed by atoms with Gasteiger partial charge in [0.05, 0.1) is 16.4 Å². The third-order valence-electron chi connectivity index (χ3n) is 6.09. The third kappa shape index (κ3) is 5.72. The molecule has 1 aromatic heterocycles. The maximum atomic E-state index is 13.4. The predicted octanol–water partition coefficient (Wildman–Crippen LogP) is 3.36. The minimum Gasteiger partial charge on any atom is -0.464 e. The smallest absolute Gasteiger partial charge is 0.311 e. The summed E-state index contributed by atoms with van der Waals surface area (Å²) in [6.45, 7) is 8.17. The zero-order valence-electron chi connectivity index (χ0n) is 20.5. The van der Waals surface area contributed by atoms with Gasteiger partial charge in [-0.25, -0.2) is 12.4 Å². The molecule has 8 nitrogen and oxygen atoms in total. The molecule has 2 aromatic carbocycles. The molecule has 36 heavy (non-hydrogen) atoms. The quantitative estimate of drug-likeness (QED) is 0.450. The van der Waals surface area contributed by atoms with Crippen molar-refractivity contribution in [3.05, 3.63) is 75.1 Å². The summed E-state index contributed by atoms with van der Waals surface area (Å²) in [6.07, 6.45) is 1.44. The van der Waals surface area contributed by atoms with E-state index in [1.54, 1.807) is 30.3 Å². The van der Waals surface area contributed by atoms with Crippen molar-refractivity contribution >= 4 is 42.7 Å². The van der Waals surface area contributed by atoms with Gasteiger partial charge in [-0.2, -0.15) is 0 Å². The summed E-state index contributed by atoms with van der Waals surface area (Å²) in [4.78, 5) is 27.7. The summed E-state index contributed by atoms with van der Waals surface area (Å²) in [5, 5.41) is 4.41.